The molecule has 1 rings (SSSR count). The van der Waals surface area contributed by atoms with E-state index in [0.717, 1.165) is 25.7 Å². The van der Waals surface area contributed by atoms with Crippen LogP contribution in [0.15, 0.2) is 0 Å². The molecular weight excluding hydrogens is 187 g/mol. The Kier molecular flexibility index (Phi) is 7.04. The van der Waals surface area contributed by atoms with E-state index in [1.165, 1.54) is 44.9 Å². The van der Waals surface area contributed by atoms with Crippen molar-refractivity contribution in [3.8, 4) is 0 Å². The summed E-state index contributed by atoms with van der Waals surface area (Å²) in [5.41, 5.74) is 0. The zero-order valence-corrected chi connectivity index (χ0v) is 10.3. The first-order chi connectivity index (χ1) is 7.34. The third kappa shape index (κ3) is 5.53. The molecule has 0 bridgehead atoms. The van der Waals surface area contributed by atoms with Crippen LogP contribution in [0.1, 0.15) is 77.6 Å². The minimum absolute atomic E-state index is 0.407. The van der Waals surface area contributed by atoms with Gasteiger partial charge < -0.3 is 0 Å². The number of hydrogen-bond donors (Lipinski definition) is 0. The Balaban J connectivity index is 1.99. The fourth-order valence-corrected chi connectivity index (χ4v) is 2.67. The molecule has 0 saturated heterocycles. The number of unbranched alkanes of at least 4 members (excludes halogenated alkanes) is 4. The van der Waals surface area contributed by atoms with E-state index in [1.807, 2.05) is 0 Å². The largest absolute Gasteiger partial charge is 0.247 e. The Bertz CT molecular complexity index is 138. The van der Waals surface area contributed by atoms with Crippen molar-refractivity contribution in [3.05, 3.63) is 0 Å². The Morgan fingerprint density at radius 2 is 1.67 bits per heavy atom. The summed E-state index contributed by atoms with van der Waals surface area (Å²) in [6.45, 7) is 2.22. The van der Waals surface area contributed by atoms with Gasteiger partial charge in [-0.05, 0) is 25.2 Å². The normalized spacial score (nSPS) is 20.4. The standard InChI is InChI=1S/C14H27F/c1-2-3-4-5-9-12-14(15)13-10-7-6-8-11-13/h13-14H,2-12H2,1H3. The van der Waals surface area contributed by atoms with Gasteiger partial charge in [0.05, 0.1) is 0 Å². The maximum absolute atomic E-state index is 13.8. The van der Waals surface area contributed by atoms with Crippen molar-refractivity contribution < 1.29 is 4.39 Å². The van der Waals surface area contributed by atoms with E-state index in [2.05, 4.69) is 6.92 Å². The number of hydrogen-bond acceptors (Lipinski definition) is 0. The van der Waals surface area contributed by atoms with E-state index in [4.69, 9.17) is 0 Å². The Labute approximate surface area is 94.6 Å². The van der Waals surface area contributed by atoms with E-state index in [0.29, 0.717) is 5.92 Å². The highest BCUT2D eigenvalue weighted by Crippen LogP contribution is 2.30. The van der Waals surface area contributed by atoms with Crippen molar-refractivity contribution in [2.45, 2.75) is 83.7 Å². The summed E-state index contributed by atoms with van der Waals surface area (Å²) in [6, 6.07) is 0. The van der Waals surface area contributed by atoms with Crippen LogP contribution in [0.5, 0.6) is 0 Å². The monoisotopic (exact) mass is 214 g/mol. The third-order valence-corrected chi connectivity index (χ3v) is 3.74. The third-order valence-electron chi connectivity index (χ3n) is 3.74. The molecule has 15 heavy (non-hydrogen) atoms. The molecule has 0 N–H and O–H groups in total. The van der Waals surface area contributed by atoms with Gasteiger partial charge in [0.15, 0.2) is 0 Å². The fourth-order valence-electron chi connectivity index (χ4n) is 2.67. The van der Waals surface area contributed by atoms with E-state index in [9.17, 15) is 4.39 Å². The van der Waals surface area contributed by atoms with Gasteiger partial charge in [0, 0.05) is 0 Å². The lowest BCUT2D eigenvalue weighted by atomic mass is 9.84. The van der Waals surface area contributed by atoms with Gasteiger partial charge in [-0.2, -0.15) is 0 Å². The van der Waals surface area contributed by atoms with Crippen LogP contribution in [0.3, 0.4) is 0 Å². The number of rotatable bonds is 7. The van der Waals surface area contributed by atoms with Gasteiger partial charge in [0.2, 0.25) is 0 Å². The van der Waals surface area contributed by atoms with Crippen molar-refractivity contribution >= 4 is 0 Å². The highest BCUT2D eigenvalue weighted by atomic mass is 19.1. The summed E-state index contributed by atoms with van der Waals surface area (Å²) >= 11 is 0. The van der Waals surface area contributed by atoms with Crippen molar-refractivity contribution in [3.63, 3.8) is 0 Å². The van der Waals surface area contributed by atoms with Crippen molar-refractivity contribution in [2.24, 2.45) is 5.92 Å². The molecule has 1 aliphatic carbocycles. The summed E-state index contributed by atoms with van der Waals surface area (Å²) in [5, 5.41) is 0. The van der Waals surface area contributed by atoms with Crippen LogP contribution in [-0.4, -0.2) is 6.17 Å². The quantitative estimate of drug-likeness (QED) is 0.507. The molecule has 1 saturated carbocycles. The lowest BCUT2D eigenvalue weighted by Crippen LogP contribution is -2.18. The topological polar surface area (TPSA) is 0 Å². The first-order valence-corrected chi connectivity index (χ1v) is 6.98. The molecule has 0 amide bonds. The molecule has 0 heterocycles. The van der Waals surface area contributed by atoms with E-state index >= 15 is 0 Å². The van der Waals surface area contributed by atoms with Crippen LogP contribution in [-0.2, 0) is 0 Å². The smallest absolute Gasteiger partial charge is 0.103 e. The Morgan fingerprint density at radius 1 is 1.00 bits per heavy atom. The van der Waals surface area contributed by atoms with Gasteiger partial charge in [0.25, 0.3) is 0 Å². The zero-order valence-electron chi connectivity index (χ0n) is 10.3. The average Bonchev–Trinajstić information content (AvgIpc) is 2.30. The summed E-state index contributed by atoms with van der Waals surface area (Å²) in [7, 11) is 0. The summed E-state index contributed by atoms with van der Waals surface area (Å²) < 4.78 is 13.8. The molecule has 90 valence electrons. The van der Waals surface area contributed by atoms with Gasteiger partial charge in [0.1, 0.15) is 6.17 Å². The average molecular weight is 214 g/mol. The molecule has 1 unspecified atom stereocenters. The van der Waals surface area contributed by atoms with Gasteiger partial charge in [-0.1, -0.05) is 58.3 Å². The van der Waals surface area contributed by atoms with E-state index in [1.54, 1.807) is 0 Å². The Hall–Kier alpha value is -0.0700. The van der Waals surface area contributed by atoms with Crippen molar-refractivity contribution in [2.75, 3.05) is 0 Å². The highest BCUT2D eigenvalue weighted by molar-refractivity contribution is 4.73. The van der Waals surface area contributed by atoms with Gasteiger partial charge in [-0.15, -0.1) is 0 Å². The molecule has 0 aliphatic heterocycles. The van der Waals surface area contributed by atoms with Crippen LogP contribution in [0, 0.1) is 5.92 Å². The predicted molar refractivity (Wildman–Crippen MR) is 64.8 cm³/mol. The van der Waals surface area contributed by atoms with Crippen molar-refractivity contribution in [1.82, 2.24) is 0 Å². The molecular formula is C14H27F. The van der Waals surface area contributed by atoms with E-state index < -0.39 is 6.17 Å². The number of alkyl halides is 1. The second-order valence-corrected chi connectivity index (χ2v) is 5.12. The van der Waals surface area contributed by atoms with Gasteiger partial charge >= 0.3 is 0 Å². The molecule has 0 nitrogen and oxygen atoms in total. The SMILES string of the molecule is CCCCCCCC(F)C1CCCCC1. The van der Waals surface area contributed by atoms with E-state index in [-0.39, 0.29) is 0 Å². The minimum atomic E-state index is -0.494. The van der Waals surface area contributed by atoms with Crippen LogP contribution >= 0.6 is 0 Å². The molecule has 0 radical (unpaired) electrons. The second kappa shape index (κ2) is 8.13. The lowest BCUT2D eigenvalue weighted by Gasteiger charge is -2.24. The zero-order chi connectivity index (χ0) is 10.9. The molecule has 1 heteroatoms. The first kappa shape index (κ1) is 13.0. The molecule has 0 spiro atoms. The van der Waals surface area contributed by atoms with Gasteiger partial charge in [-0.25, -0.2) is 4.39 Å². The second-order valence-electron chi connectivity index (χ2n) is 5.12. The van der Waals surface area contributed by atoms with Crippen molar-refractivity contribution in [1.29, 1.82) is 0 Å². The summed E-state index contributed by atoms with van der Waals surface area (Å²) in [5.74, 6) is 0.407. The van der Waals surface area contributed by atoms with Crippen LogP contribution in [0.2, 0.25) is 0 Å². The summed E-state index contributed by atoms with van der Waals surface area (Å²) in [6.07, 6.45) is 12.7. The highest BCUT2D eigenvalue weighted by Gasteiger charge is 2.22. The molecule has 1 atom stereocenters. The molecule has 0 aromatic heterocycles. The molecule has 0 aromatic rings. The van der Waals surface area contributed by atoms with Gasteiger partial charge in [-0.3, -0.25) is 0 Å². The first-order valence-electron chi connectivity index (χ1n) is 6.98. The lowest BCUT2D eigenvalue weighted by molar-refractivity contribution is 0.167. The minimum Gasteiger partial charge on any atom is -0.247 e. The van der Waals surface area contributed by atoms with Crippen LogP contribution < -0.4 is 0 Å². The van der Waals surface area contributed by atoms with Crippen LogP contribution in [0.25, 0.3) is 0 Å². The molecule has 1 fully saturated rings. The summed E-state index contributed by atoms with van der Waals surface area (Å²) in [4.78, 5) is 0. The fraction of sp³-hybridized carbons (Fsp3) is 1.00. The number of halogens is 1. The molecule has 0 aromatic carbocycles. The maximum Gasteiger partial charge on any atom is 0.103 e. The predicted octanol–water partition coefficient (Wildman–Crippen LogP) is 5.27. The Morgan fingerprint density at radius 3 is 2.33 bits per heavy atom. The molecule has 1 aliphatic rings. The maximum atomic E-state index is 13.8. The van der Waals surface area contributed by atoms with Crippen LogP contribution in [0.4, 0.5) is 4.39 Å².